The SMILES string of the molecule is CCC(CC)(c1ccc(O)c(C)c1)c1ccc(C2(O)CCSCC2)c(C)c1. The van der Waals surface area contributed by atoms with Crippen molar-refractivity contribution >= 4 is 11.8 Å². The van der Waals surface area contributed by atoms with E-state index in [4.69, 9.17) is 0 Å². The fraction of sp³-hybridized carbons (Fsp3) is 0.500. The first-order chi connectivity index (χ1) is 12.9. The van der Waals surface area contributed by atoms with Crippen LogP contribution in [-0.2, 0) is 11.0 Å². The topological polar surface area (TPSA) is 40.5 Å². The van der Waals surface area contributed by atoms with Crippen molar-refractivity contribution in [3.63, 3.8) is 0 Å². The molecule has 0 aliphatic carbocycles. The van der Waals surface area contributed by atoms with Crippen molar-refractivity contribution in [1.82, 2.24) is 0 Å². The van der Waals surface area contributed by atoms with Gasteiger partial charge in [-0.2, -0.15) is 11.8 Å². The van der Waals surface area contributed by atoms with Crippen LogP contribution in [0, 0.1) is 13.8 Å². The zero-order valence-corrected chi connectivity index (χ0v) is 17.8. The monoisotopic (exact) mass is 384 g/mol. The molecule has 0 amide bonds. The summed E-state index contributed by atoms with van der Waals surface area (Å²) in [5.41, 5.74) is 4.99. The molecule has 1 aliphatic rings. The Morgan fingerprint density at radius 2 is 1.48 bits per heavy atom. The molecule has 3 heteroatoms. The van der Waals surface area contributed by atoms with Gasteiger partial charge < -0.3 is 10.2 Å². The molecule has 2 N–H and O–H groups in total. The Hall–Kier alpha value is -1.45. The summed E-state index contributed by atoms with van der Waals surface area (Å²) in [6.07, 6.45) is 3.66. The van der Waals surface area contributed by atoms with Gasteiger partial charge in [0.25, 0.3) is 0 Å². The predicted molar refractivity (Wildman–Crippen MR) is 116 cm³/mol. The van der Waals surface area contributed by atoms with Crippen molar-refractivity contribution in [3.05, 3.63) is 64.2 Å². The molecule has 2 aromatic rings. The predicted octanol–water partition coefficient (Wildman–Crippen LogP) is 5.83. The normalized spacial score (nSPS) is 17.1. The molecule has 27 heavy (non-hydrogen) atoms. The van der Waals surface area contributed by atoms with E-state index in [1.807, 2.05) is 24.8 Å². The van der Waals surface area contributed by atoms with Crippen LogP contribution in [0.4, 0.5) is 0 Å². The van der Waals surface area contributed by atoms with Gasteiger partial charge >= 0.3 is 0 Å². The highest BCUT2D eigenvalue weighted by molar-refractivity contribution is 7.99. The van der Waals surface area contributed by atoms with Gasteiger partial charge in [0.1, 0.15) is 5.75 Å². The van der Waals surface area contributed by atoms with Crippen LogP contribution in [-0.4, -0.2) is 21.7 Å². The second-order valence-corrected chi connectivity index (χ2v) is 9.19. The molecule has 0 atom stereocenters. The van der Waals surface area contributed by atoms with Crippen molar-refractivity contribution in [2.24, 2.45) is 0 Å². The van der Waals surface area contributed by atoms with E-state index in [9.17, 15) is 10.2 Å². The van der Waals surface area contributed by atoms with Crippen molar-refractivity contribution in [2.45, 2.75) is 64.4 Å². The molecule has 0 aromatic heterocycles. The molecule has 0 bridgehead atoms. The number of aliphatic hydroxyl groups is 1. The van der Waals surface area contributed by atoms with Crippen molar-refractivity contribution in [1.29, 1.82) is 0 Å². The zero-order valence-electron chi connectivity index (χ0n) is 17.0. The van der Waals surface area contributed by atoms with E-state index < -0.39 is 5.60 Å². The average Bonchev–Trinajstić information content (AvgIpc) is 2.66. The number of aromatic hydroxyl groups is 1. The summed E-state index contributed by atoms with van der Waals surface area (Å²) in [5, 5.41) is 21.1. The van der Waals surface area contributed by atoms with Crippen LogP contribution in [0.5, 0.6) is 5.75 Å². The average molecular weight is 385 g/mol. The molecule has 2 aromatic carbocycles. The lowest BCUT2D eigenvalue weighted by Gasteiger charge is -2.37. The van der Waals surface area contributed by atoms with Crippen molar-refractivity contribution < 1.29 is 10.2 Å². The molecule has 0 radical (unpaired) electrons. The van der Waals surface area contributed by atoms with Gasteiger partial charge in [-0.05, 0) is 84.9 Å². The molecular weight excluding hydrogens is 352 g/mol. The summed E-state index contributed by atoms with van der Waals surface area (Å²) in [6.45, 7) is 8.57. The van der Waals surface area contributed by atoms with E-state index in [0.717, 1.165) is 48.3 Å². The molecule has 0 unspecified atom stereocenters. The fourth-order valence-corrected chi connectivity index (χ4v) is 5.82. The summed E-state index contributed by atoms with van der Waals surface area (Å²) in [7, 11) is 0. The maximum Gasteiger partial charge on any atom is 0.118 e. The van der Waals surface area contributed by atoms with Crippen LogP contribution >= 0.6 is 11.8 Å². The third-order valence-corrected chi connectivity index (χ3v) is 7.54. The number of phenols is 1. The van der Waals surface area contributed by atoms with Crippen molar-refractivity contribution in [3.8, 4) is 5.75 Å². The first-order valence-corrected chi connectivity index (χ1v) is 11.2. The lowest BCUT2D eigenvalue weighted by atomic mass is 9.69. The lowest BCUT2D eigenvalue weighted by molar-refractivity contribution is 0.0274. The molecule has 1 heterocycles. The van der Waals surface area contributed by atoms with Crippen LogP contribution in [0.2, 0.25) is 0 Å². The van der Waals surface area contributed by atoms with Crippen LogP contribution in [0.1, 0.15) is 67.3 Å². The first kappa shape index (κ1) is 20.3. The summed E-state index contributed by atoms with van der Waals surface area (Å²) in [6, 6.07) is 12.7. The second-order valence-electron chi connectivity index (χ2n) is 7.96. The Kier molecular flexibility index (Phi) is 5.93. The summed E-state index contributed by atoms with van der Waals surface area (Å²) >= 11 is 1.93. The number of hydrogen-bond donors (Lipinski definition) is 2. The number of rotatable bonds is 5. The number of thioether (sulfide) groups is 1. The highest BCUT2D eigenvalue weighted by Gasteiger charge is 2.35. The Morgan fingerprint density at radius 1 is 0.926 bits per heavy atom. The molecule has 1 aliphatic heterocycles. The number of benzene rings is 2. The molecule has 1 saturated heterocycles. The van der Waals surface area contributed by atoms with Gasteiger partial charge in [-0.25, -0.2) is 0 Å². The van der Waals surface area contributed by atoms with Crippen LogP contribution in [0.25, 0.3) is 0 Å². The van der Waals surface area contributed by atoms with Gasteiger partial charge in [0.15, 0.2) is 0 Å². The molecule has 0 saturated carbocycles. The minimum atomic E-state index is -0.677. The minimum Gasteiger partial charge on any atom is -0.508 e. The second kappa shape index (κ2) is 7.89. The van der Waals surface area contributed by atoms with Crippen molar-refractivity contribution in [2.75, 3.05) is 11.5 Å². The van der Waals surface area contributed by atoms with E-state index in [2.05, 4.69) is 51.1 Å². The smallest absolute Gasteiger partial charge is 0.118 e. The maximum absolute atomic E-state index is 11.2. The molecular formula is C24H32O2S. The van der Waals surface area contributed by atoms with Gasteiger partial charge in [-0.3, -0.25) is 0 Å². The van der Waals surface area contributed by atoms with Gasteiger partial charge in [-0.1, -0.05) is 44.2 Å². The van der Waals surface area contributed by atoms with Crippen LogP contribution in [0.3, 0.4) is 0 Å². The molecule has 146 valence electrons. The minimum absolute atomic E-state index is 0.0766. The number of hydrogen-bond acceptors (Lipinski definition) is 3. The maximum atomic E-state index is 11.2. The third-order valence-electron chi connectivity index (χ3n) is 6.56. The summed E-state index contributed by atoms with van der Waals surface area (Å²) in [4.78, 5) is 0. The lowest BCUT2D eigenvalue weighted by Crippen LogP contribution is -2.32. The first-order valence-electron chi connectivity index (χ1n) is 10.1. The van der Waals surface area contributed by atoms with Gasteiger partial charge in [-0.15, -0.1) is 0 Å². The van der Waals surface area contributed by atoms with Gasteiger partial charge in [0, 0.05) is 5.41 Å². The van der Waals surface area contributed by atoms with Gasteiger partial charge in [0.2, 0.25) is 0 Å². The molecule has 3 rings (SSSR count). The molecule has 2 nitrogen and oxygen atoms in total. The number of aryl methyl sites for hydroxylation is 2. The Bertz CT molecular complexity index is 802. The van der Waals surface area contributed by atoms with E-state index in [-0.39, 0.29) is 5.41 Å². The summed E-state index contributed by atoms with van der Waals surface area (Å²) < 4.78 is 0. The standard InChI is InChI=1S/C24H32O2S/c1-5-23(6-2,20-8-10-22(25)18(4)16-20)19-7-9-21(17(3)15-19)24(26)11-13-27-14-12-24/h7-10,15-16,25-26H,5-6,11-14H2,1-4H3. The quantitative estimate of drug-likeness (QED) is 0.681. The molecule has 0 spiro atoms. The fourth-order valence-electron chi connectivity index (χ4n) is 4.65. The van der Waals surface area contributed by atoms with Crippen LogP contribution in [0.15, 0.2) is 36.4 Å². The highest BCUT2D eigenvalue weighted by Crippen LogP contribution is 2.43. The van der Waals surface area contributed by atoms with E-state index in [1.54, 1.807) is 0 Å². The van der Waals surface area contributed by atoms with E-state index in [0.29, 0.717) is 5.75 Å². The van der Waals surface area contributed by atoms with Crippen LogP contribution < -0.4 is 0 Å². The number of phenolic OH excluding ortho intramolecular Hbond substituents is 1. The highest BCUT2D eigenvalue weighted by atomic mass is 32.2. The Labute approximate surface area is 168 Å². The Morgan fingerprint density at radius 3 is 2.00 bits per heavy atom. The summed E-state index contributed by atoms with van der Waals surface area (Å²) in [5.74, 6) is 2.40. The molecule has 1 fully saturated rings. The zero-order chi connectivity index (χ0) is 19.7. The van der Waals surface area contributed by atoms with Gasteiger partial charge in [0.05, 0.1) is 5.60 Å². The Balaban J connectivity index is 2.06. The van der Waals surface area contributed by atoms with E-state index in [1.165, 1.54) is 16.7 Å². The third kappa shape index (κ3) is 3.64. The largest absolute Gasteiger partial charge is 0.508 e. The van der Waals surface area contributed by atoms with E-state index >= 15 is 0 Å².